The largest absolute Gasteiger partial charge is 0.615 e. The molecule has 0 saturated carbocycles. The van der Waals surface area contributed by atoms with Gasteiger partial charge in [-0.05, 0) is 85.0 Å². The van der Waals surface area contributed by atoms with E-state index >= 15 is 0 Å². The Morgan fingerprint density at radius 2 is 1.51 bits per heavy atom. The van der Waals surface area contributed by atoms with Crippen LogP contribution in [0.2, 0.25) is 0 Å². The zero-order valence-electron chi connectivity index (χ0n) is 19.9. The quantitative estimate of drug-likeness (QED) is 0.170. The predicted molar refractivity (Wildman–Crippen MR) is 141 cm³/mol. The molecule has 0 radical (unpaired) electrons. The van der Waals surface area contributed by atoms with Gasteiger partial charge >= 0.3 is 5.97 Å². The van der Waals surface area contributed by atoms with E-state index in [1.807, 2.05) is 37.3 Å². The fourth-order valence-electron chi connectivity index (χ4n) is 3.42. The van der Waals surface area contributed by atoms with Gasteiger partial charge in [0.2, 0.25) is 11.2 Å². The monoisotopic (exact) mass is 515 g/mol. The number of hydrogen-bond acceptors (Lipinski definition) is 6. The van der Waals surface area contributed by atoms with Crippen molar-refractivity contribution in [2.45, 2.75) is 31.2 Å². The van der Waals surface area contributed by atoms with E-state index in [-0.39, 0.29) is 24.2 Å². The first-order valence-electron chi connectivity index (χ1n) is 11.0. The van der Waals surface area contributed by atoms with Gasteiger partial charge in [0, 0.05) is 11.6 Å². The Hall–Kier alpha value is -2.84. The van der Waals surface area contributed by atoms with Gasteiger partial charge in [0.05, 0.1) is 18.9 Å². The van der Waals surface area contributed by atoms with Gasteiger partial charge in [-0.1, -0.05) is 30.3 Å². The highest BCUT2D eigenvalue weighted by molar-refractivity contribution is 7.92. The van der Waals surface area contributed by atoms with Crippen LogP contribution in [0.4, 0.5) is 0 Å². The van der Waals surface area contributed by atoms with Gasteiger partial charge in [0.15, 0.2) is 0 Å². The molecule has 3 rings (SSSR count). The summed E-state index contributed by atoms with van der Waals surface area (Å²) in [5.41, 5.74) is 2.00. The molecular weight excluding hydrogens is 486 g/mol. The van der Waals surface area contributed by atoms with Crippen LogP contribution >= 0.6 is 12.4 Å². The first-order valence-corrected chi connectivity index (χ1v) is 12.6. The second-order valence-corrected chi connectivity index (χ2v) is 9.45. The normalized spacial score (nSPS) is 13.1. The third-order valence-electron chi connectivity index (χ3n) is 5.39. The number of esters is 1. The van der Waals surface area contributed by atoms with Crippen molar-refractivity contribution in [2.75, 3.05) is 13.4 Å². The maximum Gasteiger partial charge on any atom is 0.343 e. The molecule has 0 spiro atoms. The predicted octanol–water partition coefficient (Wildman–Crippen LogP) is 4.83. The molecule has 3 aromatic rings. The van der Waals surface area contributed by atoms with Crippen molar-refractivity contribution in [2.24, 2.45) is 0 Å². The molecule has 35 heavy (non-hydrogen) atoms. The third kappa shape index (κ3) is 8.40. The number of methoxy groups -OCH3 is 1. The molecule has 186 valence electrons. The Bertz CT molecular complexity index is 1070. The van der Waals surface area contributed by atoms with Crippen LogP contribution in [0.25, 0.3) is 0 Å². The van der Waals surface area contributed by atoms with E-state index in [9.17, 15) is 14.1 Å². The van der Waals surface area contributed by atoms with Crippen LogP contribution in [0.5, 0.6) is 11.5 Å². The number of ketones is 1. The highest BCUT2D eigenvalue weighted by Crippen LogP contribution is 2.18. The van der Waals surface area contributed by atoms with Crippen molar-refractivity contribution in [1.82, 2.24) is 5.32 Å². The molecule has 0 amide bonds. The molecule has 3 unspecified atom stereocenters. The van der Waals surface area contributed by atoms with Gasteiger partial charge in [-0.2, -0.15) is 0 Å². The maximum absolute atomic E-state index is 13.0. The van der Waals surface area contributed by atoms with E-state index < -0.39 is 22.5 Å². The Balaban J connectivity index is 0.00000432. The highest BCUT2D eigenvalue weighted by Gasteiger charge is 2.29. The minimum Gasteiger partial charge on any atom is -0.615 e. The summed E-state index contributed by atoms with van der Waals surface area (Å²) < 4.78 is 22.9. The van der Waals surface area contributed by atoms with E-state index in [0.29, 0.717) is 16.9 Å². The number of nitrogens with one attached hydrogen (secondary N) is 1. The summed E-state index contributed by atoms with van der Waals surface area (Å²) in [4.78, 5) is 25.2. The lowest BCUT2D eigenvalue weighted by atomic mass is 10.1. The molecular formula is C27H30ClNO5S. The summed E-state index contributed by atoms with van der Waals surface area (Å²) >= 11 is -1.41. The standard InChI is InChI=1S/C27H29NO5S.ClH/c1-19(9-10-20-11-15-23(32-2)16-12-20)28-26(34(3)31)25(29)21-13-17-24(18-14-21)33-27(30)22-7-5-4-6-8-22;/h4-8,11-19,26,28H,9-10H2,1-3H3;1H. The van der Waals surface area contributed by atoms with Gasteiger partial charge in [-0.15, -0.1) is 12.4 Å². The van der Waals surface area contributed by atoms with Gasteiger partial charge in [0.1, 0.15) is 11.5 Å². The summed E-state index contributed by atoms with van der Waals surface area (Å²) in [7, 11) is 1.63. The zero-order chi connectivity index (χ0) is 24.5. The molecule has 0 aliphatic carbocycles. The molecule has 8 heteroatoms. The van der Waals surface area contributed by atoms with E-state index in [1.54, 1.807) is 55.6 Å². The van der Waals surface area contributed by atoms with Crippen LogP contribution in [0.3, 0.4) is 0 Å². The molecule has 0 saturated heterocycles. The number of aryl methyl sites for hydroxylation is 1. The number of Topliss-reactive ketones (excluding diaryl/α,β-unsaturated/α-hetero) is 1. The van der Waals surface area contributed by atoms with Crippen molar-refractivity contribution in [3.05, 3.63) is 95.6 Å². The van der Waals surface area contributed by atoms with Gasteiger partial charge in [0.25, 0.3) is 0 Å². The third-order valence-corrected chi connectivity index (χ3v) is 6.40. The van der Waals surface area contributed by atoms with Gasteiger partial charge < -0.3 is 14.0 Å². The number of ether oxygens (including phenoxy) is 2. The number of benzene rings is 3. The van der Waals surface area contributed by atoms with Crippen LogP contribution < -0.4 is 14.8 Å². The number of carbonyl (C=O) groups is 2. The van der Waals surface area contributed by atoms with Crippen LogP contribution in [-0.4, -0.2) is 41.1 Å². The summed E-state index contributed by atoms with van der Waals surface area (Å²) in [5.74, 6) is 0.404. The molecule has 0 aliphatic heterocycles. The first kappa shape index (κ1) is 28.4. The SMILES string of the molecule is COc1ccc(CCC(C)NC(C(=O)c2ccc(OC(=O)c3ccccc3)cc2)[S+](C)[O-])cc1.Cl. The average molecular weight is 516 g/mol. The second-order valence-electron chi connectivity index (χ2n) is 7.98. The van der Waals surface area contributed by atoms with Crippen molar-refractivity contribution < 1.29 is 23.6 Å². The van der Waals surface area contributed by atoms with E-state index in [2.05, 4.69) is 5.32 Å². The molecule has 0 fully saturated rings. The Morgan fingerprint density at radius 3 is 2.09 bits per heavy atom. The Morgan fingerprint density at radius 1 is 0.914 bits per heavy atom. The Kier molecular flexibility index (Phi) is 11.3. The van der Waals surface area contributed by atoms with E-state index in [1.165, 1.54) is 6.26 Å². The Labute approximate surface area is 215 Å². The maximum atomic E-state index is 13.0. The lowest BCUT2D eigenvalue weighted by Gasteiger charge is -2.23. The van der Waals surface area contributed by atoms with Crippen molar-refractivity contribution >= 4 is 35.3 Å². The number of halogens is 1. The summed E-state index contributed by atoms with van der Waals surface area (Å²) in [6.07, 6.45) is 3.11. The fourth-order valence-corrected chi connectivity index (χ4v) is 4.28. The topological polar surface area (TPSA) is 87.7 Å². The lowest BCUT2D eigenvalue weighted by Crippen LogP contribution is -2.47. The average Bonchev–Trinajstić information content (AvgIpc) is 2.86. The van der Waals surface area contributed by atoms with Crippen LogP contribution in [0.15, 0.2) is 78.9 Å². The number of carbonyl (C=O) groups excluding carboxylic acids is 2. The van der Waals surface area contributed by atoms with Crippen LogP contribution in [0, 0.1) is 0 Å². The van der Waals surface area contributed by atoms with Crippen molar-refractivity contribution in [3.8, 4) is 11.5 Å². The first-order chi connectivity index (χ1) is 16.4. The molecule has 0 bridgehead atoms. The van der Waals surface area contributed by atoms with Crippen molar-refractivity contribution in [1.29, 1.82) is 0 Å². The molecule has 0 heterocycles. The van der Waals surface area contributed by atoms with Crippen LogP contribution in [-0.2, 0) is 17.6 Å². The number of hydrogen-bond donors (Lipinski definition) is 1. The summed E-state index contributed by atoms with van der Waals surface area (Å²) in [5, 5.41) is 2.39. The highest BCUT2D eigenvalue weighted by atomic mass is 35.5. The zero-order valence-corrected chi connectivity index (χ0v) is 21.6. The molecule has 3 atom stereocenters. The molecule has 0 aromatic heterocycles. The van der Waals surface area contributed by atoms with Gasteiger partial charge in [-0.25, -0.2) is 4.79 Å². The molecule has 6 nitrogen and oxygen atoms in total. The molecule has 1 N–H and O–H groups in total. The second kappa shape index (κ2) is 13.9. The number of rotatable bonds is 11. The lowest BCUT2D eigenvalue weighted by molar-refractivity contribution is 0.0734. The van der Waals surface area contributed by atoms with Crippen LogP contribution in [0.1, 0.15) is 39.6 Å². The van der Waals surface area contributed by atoms with E-state index in [0.717, 1.165) is 24.2 Å². The summed E-state index contributed by atoms with van der Waals surface area (Å²) in [6, 6.07) is 22.8. The minimum absolute atomic E-state index is 0. The molecule has 0 aliphatic rings. The van der Waals surface area contributed by atoms with Gasteiger partial charge in [-0.3, -0.25) is 10.1 Å². The van der Waals surface area contributed by atoms with E-state index in [4.69, 9.17) is 9.47 Å². The summed E-state index contributed by atoms with van der Waals surface area (Å²) in [6.45, 7) is 1.97. The fraction of sp³-hybridized carbons (Fsp3) is 0.259. The molecule has 3 aromatic carbocycles. The minimum atomic E-state index is -1.41. The smallest absolute Gasteiger partial charge is 0.343 e. The van der Waals surface area contributed by atoms with Crippen molar-refractivity contribution in [3.63, 3.8) is 0 Å².